The molecule has 0 aliphatic heterocycles. The van der Waals surface area contributed by atoms with Gasteiger partial charge in [-0.05, 0) is 74.3 Å². The molecule has 0 radical (unpaired) electrons. The molecule has 0 spiro atoms. The number of phenolic OH excluding ortho intramolecular Hbond substituents is 2. The maximum absolute atomic E-state index is 12.5. The van der Waals surface area contributed by atoms with E-state index in [1.807, 2.05) is 12.1 Å². The Labute approximate surface area is 464 Å². The van der Waals surface area contributed by atoms with Gasteiger partial charge in [0.25, 0.3) is 0 Å². The second-order valence-corrected chi connectivity index (χ2v) is 26.8. The highest BCUT2D eigenvalue weighted by Crippen LogP contribution is 2.41. The molecule has 0 aliphatic carbocycles. The Morgan fingerprint density at radius 1 is 0.347 bits per heavy atom. The number of aromatic hydroxyl groups is 2. The molecule has 6 nitrogen and oxygen atoms in total. The van der Waals surface area contributed by atoms with Gasteiger partial charge in [-0.1, -0.05) is 314 Å². The molecule has 0 bridgehead atoms. The third-order valence-corrected chi connectivity index (χ3v) is 15.1. The lowest BCUT2D eigenvalue weighted by molar-refractivity contribution is -0.144. The number of aryl methyl sites for hydroxylation is 1. The summed E-state index contributed by atoms with van der Waals surface area (Å²) in [6.07, 6.45) is 44.2. The molecule has 2 aromatic rings. The Hall–Kier alpha value is -3.02. The van der Waals surface area contributed by atoms with Gasteiger partial charge in [0.2, 0.25) is 0 Å². The smallest absolute Gasteiger partial charge is 0.310 e. The minimum Gasteiger partial charge on any atom is -0.507 e. The molecule has 0 heterocycles. The number of phenols is 2. The van der Waals surface area contributed by atoms with Crippen LogP contribution in [-0.4, -0.2) is 35.4 Å². The van der Waals surface area contributed by atoms with Crippen LogP contribution in [0.25, 0.3) is 0 Å². The lowest BCUT2D eigenvalue weighted by atomic mass is 9.78. The lowest BCUT2D eigenvalue weighted by Crippen LogP contribution is -2.19. The minimum atomic E-state index is -0.197. The Bertz CT molecular complexity index is 1710. The average molecular weight is 1050 g/mol. The van der Waals surface area contributed by atoms with Crippen LogP contribution in [-0.2, 0) is 53.6 Å². The fourth-order valence-electron chi connectivity index (χ4n) is 10.1. The van der Waals surface area contributed by atoms with E-state index in [-0.39, 0.29) is 40.0 Å². The van der Waals surface area contributed by atoms with Crippen LogP contribution in [0.2, 0.25) is 0 Å². The van der Waals surface area contributed by atoms with Crippen molar-refractivity contribution in [2.24, 2.45) is 0 Å². The molecule has 0 fully saturated rings. The summed E-state index contributed by atoms with van der Waals surface area (Å²) in [4.78, 5) is 24.8. The number of rotatable bonds is 39. The lowest BCUT2D eigenvalue weighted by Gasteiger charge is -2.28. The van der Waals surface area contributed by atoms with Crippen molar-refractivity contribution < 1.29 is 29.3 Å². The van der Waals surface area contributed by atoms with Crippen molar-refractivity contribution >= 4 is 11.9 Å². The van der Waals surface area contributed by atoms with Gasteiger partial charge in [-0.15, -0.1) is 0 Å². The standard InChI is InChI=1S/C35H62O3.C34H60O3/c1-8-9-10-11-12-13-14-15-16-17-18-19-20-21-22-23-26-38-32(36)25-24-29-27-30(34(2,3)4)33(37)31(28-29)35(5,6)7;1-8-9-10-11-12-13-14-15-16-17-18-19-20-21-22-23-24-37-31(35)27-28-25-29(33(2,3)4)32(36)30(26-28)34(5,6)7/h27-28,37H,8-26H2,1-7H3;25-26,36H,8-24,27H2,1-7H3. The van der Waals surface area contributed by atoms with Crippen LogP contribution in [0, 0.1) is 0 Å². The van der Waals surface area contributed by atoms with Gasteiger partial charge in [0.1, 0.15) is 11.5 Å². The normalized spacial score (nSPS) is 12.2. The van der Waals surface area contributed by atoms with Crippen LogP contribution in [0.4, 0.5) is 0 Å². The zero-order valence-corrected chi connectivity index (χ0v) is 52.0. The predicted molar refractivity (Wildman–Crippen MR) is 324 cm³/mol. The van der Waals surface area contributed by atoms with Gasteiger partial charge in [-0.25, -0.2) is 0 Å². The van der Waals surface area contributed by atoms with Gasteiger partial charge >= 0.3 is 11.9 Å². The number of carbonyl (C=O) groups is 2. The first-order valence-corrected chi connectivity index (χ1v) is 31.5. The quantitative estimate of drug-likeness (QED) is 0.0512. The van der Waals surface area contributed by atoms with Gasteiger partial charge in [-0.2, -0.15) is 0 Å². The summed E-state index contributed by atoms with van der Waals surface area (Å²) in [5.74, 6) is 0.449. The molecule has 0 aliphatic rings. The Balaban J connectivity index is 0.000000750. The summed E-state index contributed by atoms with van der Waals surface area (Å²) in [5, 5.41) is 21.8. The SMILES string of the molecule is CCCCCCCCCCCCCCCCCCOC(=O)CCc1cc(C(C)(C)C)c(O)c(C(C)(C)C)c1.CCCCCCCCCCCCCCCCCCOC(=O)Cc1cc(C(C)(C)C)c(O)c(C(C)(C)C)c1. The van der Waals surface area contributed by atoms with Gasteiger partial charge in [0, 0.05) is 6.42 Å². The zero-order chi connectivity index (χ0) is 56.2. The van der Waals surface area contributed by atoms with Gasteiger partial charge < -0.3 is 19.7 Å². The molecule has 2 N–H and O–H groups in total. The summed E-state index contributed by atoms with van der Waals surface area (Å²) < 4.78 is 11.1. The second kappa shape index (κ2) is 39.4. The molecular formula is C69H122O6. The van der Waals surface area contributed by atoms with Crippen molar-refractivity contribution in [3.63, 3.8) is 0 Å². The van der Waals surface area contributed by atoms with E-state index < -0.39 is 0 Å². The molecule has 0 atom stereocenters. The molecule has 0 saturated heterocycles. The van der Waals surface area contributed by atoms with Crippen molar-refractivity contribution in [3.8, 4) is 11.5 Å². The first-order chi connectivity index (χ1) is 35.4. The van der Waals surface area contributed by atoms with E-state index >= 15 is 0 Å². The molecule has 434 valence electrons. The predicted octanol–water partition coefficient (Wildman–Crippen LogP) is 21.1. The van der Waals surface area contributed by atoms with Gasteiger partial charge in [0.05, 0.1) is 19.6 Å². The molecule has 2 rings (SSSR count). The van der Waals surface area contributed by atoms with E-state index in [1.54, 1.807) is 0 Å². The number of hydrogen-bond acceptors (Lipinski definition) is 6. The largest absolute Gasteiger partial charge is 0.507 e. The van der Waals surface area contributed by atoms with Crippen molar-refractivity contribution in [1.82, 2.24) is 0 Å². The number of ether oxygens (including phenoxy) is 2. The Kier molecular flexibility index (Phi) is 36.7. The van der Waals surface area contributed by atoms with Crippen molar-refractivity contribution in [2.45, 2.75) is 343 Å². The van der Waals surface area contributed by atoms with E-state index in [4.69, 9.17) is 9.47 Å². The molecule has 75 heavy (non-hydrogen) atoms. The van der Waals surface area contributed by atoms with E-state index in [0.717, 1.165) is 59.1 Å². The first kappa shape index (κ1) is 70.0. The van der Waals surface area contributed by atoms with Gasteiger partial charge in [0.15, 0.2) is 0 Å². The van der Waals surface area contributed by atoms with Crippen LogP contribution < -0.4 is 0 Å². The van der Waals surface area contributed by atoms with E-state index in [2.05, 4.69) is 109 Å². The Morgan fingerprint density at radius 2 is 0.573 bits per heavy atom. The topological polar surface area (TPSA) is 93.1 Å². The summed E-state index contributed by atoms with van der Waals surface area (Å²) in [6, 6.07) is 8.07. The number of hydrogen-bond donors (Lipinski definition) is 2. The van der Waals surface area contributed by atoms with Crippen LogP contribution in [0.3, 0.4) is 0 Å². The molecule has 0 aromatic heterocycles. The number of benzene rings is 2. The molecule has 0 saturated carbocycles. The fraction of sp³-hybridized carbons (Fsp3) is 0.797. The van der Waals surface area contributed by atoms with Crippen molar-refractivity contribution in [3.05, 3.63) is 57.6 Å². The highest BCUT2D eigenvalue weighted by molar-refractivity contribution is 5.73. The second-order valence-electron chi connectivity index (χ2n) is 26.8. The van der Waals surface area contributed by atoms with Crippen LogP contribution in [0.15, 0.2) is 24.3 Å². The zero-order valence-electron chi connectivity index (χ0n) is 52.0. The minimum absolute atomic E-state index is 0.117. The molecular weight excluding hydrogens is 925 g/mol. The van der Waals surface area contributed by atoms with E-state index in [9.17, 15) is 19.8 Å². The maximum atomic E-state index is 12.5. The van der Waals surface area contributed by atoms with Crippen LogP contribution in [0.1, 0.15) is 342 Å². The highest BCUT2D eigenvalue weighted by Gasteiger charge is 2.28. The highest BCUT2D eigenvalue weighted by atomic mass is 16.5. The summed E-state index contributed by atoms with van der Waals surface area (Å²) in [7, 11) is 0. The van der Waals surface area contributed by atoms with Crippen molar-refractivity contribution in [2.75, 3.05) is 13.2 Å². The molecule has 2 aromatic carbocycles. The third kappa shape index (κ3) is 33.8. The maximum Gasteiger partial charge on any atom is 0.310 e. The molecule has 0 amide bonds. The number of carbonyl (C=O) groups excluding carboxylic acids is 2. The Morgan fingerprint density at radius 3 is 0.827 bits per heavy atom. The fourth-order valence-corrected chi connectivity index (χ4v) is 10.1. The van der Waals surface area contributed by atoms with Crippen molar-refractivity contribution in [1.29, 1.82) is 0 Å². The third-order valence-electron chi connectivity index (χ3n) is 15.1. The number of unbranched alkanes of at least 4 members (excludes halogenated alkanes) is 30. The van der Waals surface area contributed by atoms with E-state index in [1.165, 1.54) is 180 Å². The number of esters is 2. The molecule has 6 heteroatoms. The summed E-state index contributed by atoms with van der Waals surface area (Å²) >= 11 is 0. The molecule has 0 unspecified atom stereocenters. The van der Waals surface area contributed by atoms with E-state index in [0.29, 0.717) is 37.6 Å². The summed E-state index contributed by atoms with van der Waals surface area (Å²) in [6.45, 7) is 30.8. The van der Waals surface area contributed by atoms with Crippen LogP contribution in [0.5, 0.6) is 11.5 Å². The van der Waals surface area contributed by atoms with Gasteiger partial charge in [-0.3, -0.25) is 9.59 Å². The average Bonchev–Trinajstić information content (AvgIpc) is 3.32. The van der Waals surface area contributed by atoms with Crippen LogP contribution >= 0.6 is 0 Å². The monoisotopic (exact) mass is 1050 g/mol. The summed E-state index contributed by atoms with van der Waals surface area (Å²) in [5.41, 5.74) is 4.97. The first-order valence-electron chi connectivity index (χ1n) is 31.5.